The van der Waals surface area contributed by atoms with E-state index in [0.29, 0.717) is 10.9 Å². The van der Waals surface area contributed by atoms with Gasteiger partial charge in [0.15, 0.2) is 12.0 Å². The fourth-order valence-corrected chi connectivity index (χ4v) is 2.79. The molecule has 0 saturated heterocycles. The van der Waals surface area contributed by atoms with Gasteiger partial charge in [-0.05, 0) is 18.2 Å². The maximum atomic E-state index is 12.3. The van der Waals surface area contributed by atoms with Crippen molar-refractivity contribution in [3.63, 3.8) is 0 Å². The molecule has 0 spiro atoms. The number of hydrogen-bond acceptors (Lipinski definition) is 5. The van der Waals surface area contributed by atoms with Gasteiger partial charge in [0.2, 0.25) is 11.5 Å². The highest BCUT2D eigenvalue weighted by Gasteiger charge is 2.17. The third-order valence-electron chi connectivity index (χ3n) is 4.06. The van der Waals surface area contributed by atoms with Crippen LogP contribution < -0.4 is 5.43 Å². The van der Waals surface area contributed by atoms with Gasteiger partial charge in [-0.25, -0.2) is 4.79 Å². The van der Waals surface area contributed by atoms with Crippen molar-refractivity contribution in [3.8, 4) is 0 Å². The number of nitrogens with one attached hydrogen (secondary N) is 1. The molecule has 4 rings (SSSR count). The second-order valence-corrected chi connectivity index (χ2v) is 5.72. The van der Waals surface area contributed by atoms with E-state index in [1.807, 2.05) is 24.3 Å². The lowest BCUT2D eigenvalue weighted by Crippen LogP contribution is -2.15. The van der Waals surface area contributed by atoms with Gasteiger partial charge in [0, 0.05) is 28.7 Å². The Bertz CT molecular complexity index is 1200. The van der Waals surface area contributed by atoms with Crippen molar-refractivity contribution in [1.29, 1.82) is 0 Å². The van der Waals surface area contributed by atoms with Crippen LogP contribution in [0.25, 0.3) is 21.9 Å². The summed E-state index contributed by atoms with van der Waals surface area (Å²) in [7, 11) is 0. The van der Waals surface area contributed by atoms with E-state index in [-0.39, 0.29) is 22.6 Å². The monoisotopic (exact) mass is 347 g/mol. The molecule has 0 bridgehead atoms. The number of aromatic amines is 1. The molecular weight excluding hydrogens is 334 g/mol. The summed E-state index contributed by atoms with van der Waals surface area (Å²) in [6, 6.07) is 15.0. The number of Topliss-reactive ketones (excluding diaryl/α,β-unsaturated/α-hetero) is 1. The molecule has 2 aromatic heterocycles. The molecule has 6 heteroatoms. The first-order valence-corrected chi connectivity index (χ1v) is 7.93. The quantitative estimate of drug-likeness (QED) is 0.452. The average molecular weight is 347 g/mol. The topological polar surface area (TPSA) is 89.4 Å². The average Bonchev–Trinajstić information content (AvgIpc) is 3.10. The zero-order valence-corrected chi connectivity index (χ0v) is 13.5. The second kappa shape index (κ2) is 6.33. The second-order valence-electron chi connectivity index (χ2n) is 5.72. The number of benzene rings is 2. The summed E-state index contributed by atoms with van der Waals surface area (Å²) in [5.74, 6) is -1.44. The van der Waals surface area contributed by atoms with Gasteiger partial charge in [0.05, 0.1) is 5.39 Å². The van der Waals surface area contributed by atoms with Crippen LogP contribution in [0.2, 0.25) is 0 Å². The molecule has 0 amide bonds. The zero-order valence-electron chi connectivity index (χ0n) is 13.5. The number of ether oxygens (including phenoxy) is 1. The summed E-state index contributed by atoms with van der Waals surface area (Å²) in [6.07, 6.45) is 1.58. The molecule has 0 unspecified atom stereocenters. The Morgan fingerprint density at radius 3 is 2.58 bits per heavy atom. The number of ketones is 1. The number of para-hydroxylation sites is 2. The smallest absolute Gasteiger partial charge is 0.374 e. The Morgan fingerprint density at radius 2 is 1.73 bits per heavy atom. The minimum absolute atomic E-state index is 0.236. The van der Waals surface area contributed by atoms with Gasteiger partial charge in [0.25, 0.3) is 0 Å². The third-order valence-corrected chi connectivity index (χ3v) is 4.06. The van der Waals surface area contributed by atoms with E-state index in [4.69, 9.17) is 9.15 Å². The van der Waals surface area contributed by atoms with Crippen LogP contribution in [0.4, 0.5) is 0 Å². The third kappa shape index (κ3) is 2.77. The van der Waals surface area contributed by atoms with Crippen molar-refractivity contribution in [2.45, 2.75) is 0 Å². The van der Waals surface area contributed by atoms with Crippen LogP contribution in [0, 0.1) is 0 Å². The molecule has 0 fully saturated rings. The van der Waals surface area contributed by atoms with E-state index in [0.717, 1.165) is 17.0 Å². The number of aromatic nitrogens is 1. The molecular formula is C20H13NO5. The summed E-state index contributed by atoms with van der Waals surface area (Å²) >= 11 is 0. The normalized spacial score (nSPS) is 10.9. The van der Waals surface area contributed by atoms with Crippen LogP contribution in [0.1, 0.15) is 20.9 Å². The number of carbonyl (C=O) groups is 2. The van der Waals surface area contributed by atoms with E-state index in [2.05, 4.69) is 4.98 Å². The number of carbonyl (C=O) groups excluding carboxylic acids is 2. The molecule has 1 N–H and O–H groups in total. The highest BCUT2D eigenvalue weighted by atomic mass is 16.5. The van der Waals surface area contributed by atoms with Gasteiger partial charge in [-0.15, -0.1) is 0 Å². The van der Waals surface area contributed by atoms with Gasteiger partial charge < -0.3 is 14.1 Å². The first kappa shape index (κ1) is 15.8. The zero-order chi connectivity index (χ0) is 18.1. The Labute approximate surface area is 147 Å². The predicted octanol–water partition coefficient (Wildman–Crippen LogP) is 3.31. The van der Waals surface area contributed by atoms with Gasteiger partial charge >= 0.3 is 5.97 Å². The maximum absolute atomic E-state index is 12.3. The van der Waals surface area contributed by atoms with Crippen LogP contribution in [-0.4, -0.2) is 23.3 Å². The van der Waals surface area contributed by atoms with Crippen molar-refractivity contribution in [3.05, 3.63) is 82.3 Å². The molecule has 26 heavy (non-hydrogen) atoms. The van der Waals surface area contributed by atoms with Crippen LogP contribution in [0.15, 0.2) is 70.0 Å². The largest absolute Gasteiger partial charge is 0.451 e. The molecule has 0 aliphatic heterocycles. The lowest BCUT2D eigenvalue weighted by Gasteiger charge is -2.04. The van der Waals surface area contributed by atoms with Gasteiger partial charge in [0.1, 0.15) is 5.58 Å². The molecule has 0 aliphatic rings. The SMILES string of the molecule is O=C(OCC(=O)c1c[nH]c2ccccc12)c1cc(=O)c2ccccc2o1. The lowest BCUT2D eigenvalue weighted by atomic mass is 10.1. The van der Waals surface area contributed by atoms with Crippen molar-refractivity contribution in [2.75, 3.05) is 6.61 Å². The molecule has 2 heterocycles. The van der Waals surface area contributed by atoms with E-state index in [1.54, 1.807) is 30.5 Å². The van der Waals surface area contributed by atoms with E-state index in [1.165, 1.54) is 0 Å². The summed E-state index contributed by atoms with van der Waals surface area (Å²) in [5, 5.41) is 1.13. The predicted molar refractivity (Wildman–Crippen MR) is 95.4 cm³/mol. The minimum atomic E-state index is -0.860. The first-order valence-electron chi connectivity index (χ1n) is 7.93. The van der Waals surface area contributed by atoms with E-state index < -0.39 is 12.6 Å². The van der Waals surface area contributed by atoms with Crippen molar-refractivity contribution in [2.24, 2.45) is 0 Å². The number of esters is 1. The lowest BCUT2D eigenvalue weighted by molar-refractivity contribution is 0.0445. The summed E-state index contributed by atoms with van der Waals surface area (Å²) in [5.41, 5.74) is 1.20. The Kier molecular flexibility index (Phi) is 3.85. The molecule has 2 aromatic carbocycles. The number of fused-ring (bicyclic) bond motifs is 2. The standard InChI is InChI=1S/C20H13NO5/c22-16-9-19(26-18-8-4-2-6-13(16)18)20(24)25-11-17(23)14-10-21-15-7-3-1-5-12(14)15/h1-10,21H,11H2. The summed E-state index contributed by atoms with van der Waals surface area (Å²) in [4.78, 5) is 39.5. The van der Waals surface area contributed by atoms with Crippen LogP contribution in [0.3, 0.4) is 0 Å². The number of rotatable bonds is 4. The maximum Gasteiger partial charge on any atom is 0.374 e. The summed E-state index contributed by atoms with van der Waals surface area (Å²) < 4.78 is 10.4. The van der Waals surface area contributed by atoms with Gasteiger partial charge in [-0.1, -0.05) is 30.3 Å². The van der Waals surface area contributed by atoms with Gasteiger partial charge in [-0.3, -0.25) is 9.59 Å². The number of hydrogen-bond donors (Lipinski definition) is 1. The Morgan fingerprint density at radius 1 is 1.00 bits per heavy atom. The van der Waals surface area contributed by atoms with Crippen molar-refractivity contribution >= 4 is 33.6 Å². The van der Waals surface area contributed by atoms with Crippen LogP contribution in [-0.2, 0) is 4.74 Å². The molecule has 0 atom stereocenters. The fraction of sp³-hybridized carbons (Fsp3) is 0.0500. The first-order chi connectivity index (χ1) is 12.6. The van der Waals surface area contributed by atoms with Crippen molar-refractivity contribution in [1.82, 2.24) is 4.98 Å². The van der Waals surface area contributed by atoms with Crippen LogP contribution >= 0.6 is 0 Å². The Hall–Kier alpha value is -3.67. The minimum Gasteiger partial charge on any atom is -0.451 e. The van der Waals surface area contributed by atoms with Crippen LogP contribution in [0.5, 0.6) is 0 Å². The van der Waals surface area contributed by atoms with E-state index in [9.17, 15) is 14.4 Å². The fourth-order valence-electron chi connectivity index (χ4n) is 2.79. The molecule has 0 radical (unpaired) electrons. The highest BCUT2D eigenvalue weighted by Crippen LogP contribution is 2.18. The molecule has 0 saturated carbocycles. The molecule has 4 aromatic rings. The van der Waals surface area contributed by atoms with E-state index >= 15 is 0 Å². The molecule has 128 valence electrons. The molecule has 0 aliphatic carbocycles. The molecule has 6 nitrogen and oxygen atoms in total. The number of H-pyrrole nitrogens is 1. The van der Waals surface area contributed by atoms with Gasteiger partial charge in [-0.2, -0.15) is 0 Å². The summed E-state index contributed by atoms with van der Waals surface area (Å²) in [6.45, 7) is -0.447. The highest BCUT2D eigenvalue weighted by molar-refractivity contribution is 6.09. The Balaban J connectivity index is 1.54. The van der Waals surface area contributed by atoms with Crippen molar-refractivity contribution < 1.29 is 18.7 Å².